The normalized spacial score (nSPS) is 31.2. The molecule has 0 radical (unpaired) electrons. The van der Waals surface area contributed by atoms with Crippen LogP contribution in [0.15, 0.2) is 0 Å². The van der Waals surface area contributed by atoms with Gasteiger partial charge in [0.2, 0.25) is 0 Å². The molecule has 3 N–H and O–H groups in total. The highest BCUT2D eigenvalue weighted by Crippen LogP contribution is 2.20. The van der Waals surface area contributed by atoms with Crippen molar-refractivity contribution in [2.45, 2.75) is 44.2 Å². The Morgan fingerprint density at radius 3 is 2.46 bits per heavy atom. The maximum atomic E-state index is 10.4. The predicted molar refractivity (Wildman–Crippen MR) is 47.5 cm³/mol. The van der Waals surface area contributed by atoms with E-state index in [1.807, 2.05) is 0 Å². The van der Waals surface area contributed by atoms with E-state index >= 15 is 0 Å². The molecule has 0 amide bonds. The van der Waals surface area contributed by atoms with Crippen molar-refractivity contribution < 1.29 is 17.2 Å². The fourth-order valence-corrected chi connectivity index (χ4v) is 2.13. The van der Waals surface area contributed by atoms with E-state index < -0.39 is 16.5 Å². The molecule has 2 atom stereocenters. The van der Waals surface area contributed by atoms with Gasteiger partial charge in [0.15, 0.2) is 0 Å². The molecule has 0 aromatic heterocycles. The summed E-state index contributed by atoms with van der Waals surface area (Å²) in [6.07, 6.45) is 3.72. The van der Waals surface area contributed by atoms with Gasteiger partial charge in [0, 0.05) is 6.04 Å². The van der Waals surface area contributed by atoms with Gasteiger partial charge in [-0.2, -0.15) is 8.42 Å². The van der Waals surface area contributed by atoms with Gasteiger partial charge in [-0.3, -0.25) is 4.55 Å². The van der Waals surface area contributed by atoms with E-state index in [1.165, 1.54) is 0 Å². The van der Waals surface area contributed by atoms with Gasteiger partial charge < -0.3 is 5.73 Å². The van der Waals surface area contributed by atoms with E-state index in [0.29, 0.717) is 6.42 Å². The molecule has 0 aromatic carbocycles. The average Bonchev–Trinajstić information content (AvgIpc) is 2.14. The third kappa shape index (κ3) is 4.04. The Kier molecular flexibility index (Phi) is 3.66. The topological polar surface area (TPSA) is 89.6 Å². The lowest BCUT2D eigenvalue weighted by Gasteiger charge is -2.18. The van der Waals surface area contributed by atoms with E-state index in [4.69, 9.17) is 10.3 Å². The van der Waals surface area contributed by atoms with Gasteiger partial charge in [-0.1, -0.05) is 19.3 Å². The van der Waals surface area contributed by atoms with Crippen LogP contribution in [-0.2, 0) is 14.6 Å². The zero-order valence-corrected chi connectivity index (χ0v) is 8.16. The summed E-state index contributed by atoms with van der Waals surface area (Å²) < 4.78 is 33.8. The Morgan fingerprint density at radius 1 is 1.23 bits per heavy atom. The van der Waals surface area contributed by atoms with Gasteiger partial charge >= 0.3 is 10.4 Å². The van der Waals surface area contributed by atoms with E-state index in [0.717, 1.165) is 25.7 Å². The first-order valence-corrected chi connectivity index (χ1v) is 5.77. The molecule has 13 heavy (non-hydrogen) atoms. The molecule has 1 aliphatic carbocycles. The lowest BCUT2D eigenvalue weighted by atomic mass is 10.1. The van der Waals surface area contributed by atoms with Crippen molar-refractivity contribution in [2.75, 3.05) is 0 Å². The standard InChI is InChI=1S/C7H15NO4S/c8-6-4-2-1-3-5-7(6)12-13(9,10)11/h6-7H,1-5,8H2,(H,9,10,11). The van der Waals surface area contributed by atoms with Crippen LogP contribution >= 0.6 is 0 Å². The molecule has 5 nitrogen and oxygen atoms in total. The van der Waals surface area contributed by atoms with Crippen molar-refractivity contribution in [1.82, 2.24) is 0 Å². The maximum absolute atomic E-state index is 10.4. The Labute approximate surface area is 78.2 Å². The molecule has 0 aromatic rings. The Hall–Kier alpha value is -0.170. The number of nitrogens with two attached hydrogens (primary N) is 1. The summed E-state index contributed by atoms with van der Waals surface area (Å²) >= 11 is 0. The number of rotatable bonds is 2. The lowest BCUT2D eigenvalue weighted by Crippen LogP contribution is -2.37. The minimum Gasteiger partial charge on any atom is -0.325 e. The van der Waals surface area contributed by atoms with Crippen LogP contribution in [0.4, 0.5) is 0 Å². The summed E-state index contributed by atoms with van der Waals surface area (Å²) in [6.45, 7) is 0. The van der Waals surface area contributed by atoms with Crippen LogP contribution in [0.25, 0.3) is 0 Å². The van der Waals surface area contributed by atoms with E-state index in [1.54, 1.807) is 0 Å². The fourth-order valence-electron chi connectivity index (χ4n) is 1.58. The largest absolute Gasteiger partial charge is 0.397 e. The second-order valence-corrected chi connectivity index (χ2v) is 4.41. The molecule has 0 heterocycles. The van der Waals surface area contributed by atoms with Crippen molar-refractivity contribution >= 4 is 10.4 Å². The quantitative estimate of drug-likeness (QED) is 0.509. The first-order chi connectivity index (χ1) is 5.99. The van der Waals surface area contributed by atoms with Crippen molar-refractivity contribution in [3.05, 3.63) is 0 Å². The molecule has 0 spiro atoms. The third-order valence-electron chi connectivity index (χ3n) is 2.25. The number of hydrogen-bond acceptors (Lipinski definition) is 4. The van der Waals surface area contributed by atoms with Crippen molar-refractivity contribution in [3.63, 3.8) is 0 Å². The molecule has 0 aliphatic heterocycles. The summed E-state index contributed by atoms with van der Waals surface area (Å²) in [6, 6.07) is -0.288. The zero-order chi connectivity index (χ0) is 9.90. The summed E-state index contributed by atoms with van der Waals surface area (Å²) in [5.74, 6) is 0. The minimum atomic E-state index is -4.35. The molecule has 1 fully saturated rings. The Balaban J connectivity index is 2.55. The van der Waals surface area contributed by atoms with Gasteiger partial charge in [0.05, 0.1) is 6.10 Å². The van der Waals surface area contributed by atoms with Gasteiger partial charge in [-0.05, 0) is 12.8 Å². The SMILES string of the molecule is NC1CCCCCC1OS(=O)(=O)O. The second-order valence-electron chi connectivity index (χ2n) is 3.36. The highest BCUT2D eigenvalue weighted by atomic mass is 32.3. The molecule has 1 aliphatic rings. The van der Waals surface area contributed by atoms with Gasteiger partial charge in [0.25, 0.3) is 0 Å². The summed E-state index contributed by atoms with van der Waals surface area (Å²) in [4.78, 5) is 0. The van der Waals surface area contributed by atoms with Crippen molar-refractivity contribution in [3.8, 4) is 0 Å². The van der Waals surface area contributed by atoms with Crippen LogP contribution in [0.2, 0.25) is 0 Å². The van der Waals surface area contributed by atoms with Crippen LogP contribution < -0.4 is 5.73 Å². The molecule has 1 saturated carbocycles. The second kappa shape index (κ2) is 4.36. The Bertz CT molecular complexity index is 251. The first kappa shape index (κ1) is 10.9. The van der Waals surface area contributed by atoms with Crippen LogP contribution in [0.5, 0.6) is 0 Å². The molecular weight excluding hydrogens is 194 g/mol. The average molecular weight is 209 g/mol. The monoisotopic (exact) mass is 209 g/mol. The molecule has 78 valence electrons. The number of hydrogen-bond donors (Lipinski definition) is 2. The molecule has 0 saturated heterocycles. The van der Waals surface area contributed by atoms with E-state index in [9.17, 15) is 8.42 Å². The first-order valence-electron chi connectivity index (χ1n) is 4.40. The summed E-state index contributed by atoms with van der Waals surface area (Å²) in [5, 5.41) is 0. The van der Waals surface area contributed by atoms with Crippen LogP contribution in [0, 0.1) is 0 Å². The van der Waals surface area contributed by atoms with Crippen LogP contribution in [0.3, 0.4) is 0 Å². The van der Waals surface area contributed by atoms with E-state index in [-0.39, 0.29) is 6.04 Å². The summed E-state index contributed by atoms with van der Waals surface area (Å²) in [5.41, 5.74) is 5.69. The predicted octanol–water partition coefficient (Wildman–Crippen LogP) is 0.466. The Morgan fingerprint density at radius 2 is 1.85 bits per heavy atom. The zero-order valence-electron chi connectivity index (χ0n) is 7.35. The highest BCUT2D eigenvalue weighted by Gasteiger charge is 2.25. The van der Waals surface area contributed by atoms with Gasteiger partial charge in [-0.15, -0.1) is 0 Å². The van der Waals surface area contributed by atoms with Crippen LogP contribution in [-0.4, -0.2) is 25.1 Å². The highest BCUT2D eigenvalue weighted by molar-refractivity contribution is 7.80. The minimum absolute atomic E-state index is 0.288. The lowest BCUT2D eigenvalue weighted by molar-refractivity contribution is 0.148. The maximum Gasteiger partial charge on any atom is 0.397 e. The molecule has 2 unspecified atom stereocenters. The summed E-state index contributed by atoms with van der Waals surface area (Å²) in [7, 11) is -4.35. The van der Waals surface area contributed by atoms with Crippen molar-refractivity contribution in [2.24, 2.45) is 5.73 Å². The third-order valence-corrected chi connectivity index (χ3v) is 2.74. The fraction of sp³-hybridized carbons (Fsp3) is 1.00. The molecule has 0 bridgehead atoms. The molecular formula is C7H15NO4S. The van der Waals surface area contributed by atoms with Crippen molar-refractivity contribution in [1.29, 1.82) is 0 Å². The van der Waals surface area contributed by atoms with Gasteiger partial charge in [0.1, 0.15) is 0 Å². The smallest absolute Gasteiger partial charge is 0.325 e. The molecule has 1 rings (SSSR count). The van der Waals surface area contributed by atoms with Crippen LogP contribution in [0.1, 0.15) is 32.1 Å². The molecule has 6 heteroatoms. The van der Waals surface area contributed by atoms with Gasteiger partial charge in [-0.25, -0.2) is 4.18 Å². The van der Waals surface area contributed by atoms with E-state index in [2.05, 4.69) is 4.18 Å².